The van der Waals surface area contributed by atoms with Crippen LogP contribution in [0, 0.1) is 5.92 Å². The van der Waals surface area contributed by atoms with Gasteiger partial charge in [-0.1, -0.05) is 0 Å². The standard InChI is InChI=1S/C12H17N3O/c13-10-3-5-11(6-4-10)15-12(16)9-2-1-7-14-8-9/h3-6,9,14H,1-2,7-8,13H2,(H,15,16). The van der Waals surface area contributed by atoms with Gasteiger partial charge in [0.05, 0.1) is 5.92 Å². The molecule has 0 bridgehead atoms. The van der Waals surface area contributed by atoms with Gasteiger partial charge in [-0.3, -0.25) is 4.79 Å². The van der Waals surface area contributed by atoms with Gasteiger partial charge in [-0.25, -0.2) is 0 Å². The van der Waals surface area contributed by atoms with Crippen LogP contribution in [0.2, 0.25) is 0 Å². The van der Waals surface area contributed by atoms with E-state index in [1.54, 1.807) is 12.1 Å². The van der Waals surface area contributed by atoms with Crippen molar-refractivity contribution in [2.75, 3.05) is 24.1 Å². The third-order valence-corrected chi connectivity index (χ3v) is 2.85. The lowest BCUT2D eigenvalue weighted by Crippen LogP contribution is -2.37. The molecule has 1 unspecified atom stereocenters. The second kappa shape index (κ2) is 4.99. The molecule has 2 rings (SSSR count). The van der Waals surface area contributed by atoms with E-state index in [4.69, 9.17) is 5.73 Å². The van der Waals surface area contributed by atoms with Gasteiger partial charge < -0.3 is 16.4 Å². The number of nitrogens with one attached hydrogen (secondary N) is 2. The Hall–Kier alpha value is -1.55. The average Bonchev–Trinajstić information content (AvgIpc) is 2.33. The van der Waals surface area contributed by atoms with Crippen LogP contribution in [0.25, 0.3) is 0 Å². The number of carbonyl (C=O) groups is 1. The van der Waals surface area contributed by atoms with E-state index in [2.05, 4.69) is 10.6 Å². The highest BCUT2D eigenvalue weighted by Gasteiger charge is 2.20. The highest BCUT2D eigenvalue weighted by molar-refractivity contribution is 5.92. The number of hydrogen-bond acceptors (Lipinski definition) is 3. The van der Waals surface area contributed by atoms with Crippen LogP contribution < -0.4 is 16.4 Å². The molecular weight excluding hydrogens is 202 g/mol. The predicted octanol–water partition coefficient (Wildman–Crippen LogP) is 1.21. The molecule has 1 saturated heterocycles. The molecule has 1 aliphatic rings. The summed E-state index contributed by atoms with van der Waals surface area (Å²) in [6.45, 7) is 1.80. The van der Waals surface area contributed by atoms with Gasteiger partial charge in [0, 0.05) is 17.9 Å². The summed E-state index contributed by atoms with van der Waals surface area (Å²) in [6, 6.07) is 7.22. The molecule has 1 atom stereocenters. The van der Waals surface area contributed by atoms with Gasteiger partial charge in [0.2, 0.25) is 5.91 Å². The Morgan fingerprint density at radius 1 is 1.38 bits per heavy atom. The Balaban J connectivity index is 1.93. The van der Waals surface area contributed by atoms with Gasteiger partial charge in [0.25, 0.3) is 0 Å². The molecule has 1 aromatic rings. The summed E-state index contributed by atoms with van der Waals surface area (Å²) in [5.41, 5.74) is 7.09. The van der Waals surface area contributed by atoms with Crippen LogP contribution in [0.3, 0.4) is 0 Å². The van der Waals surface area contributed by atoms with Crippen LogP contribution in [0.5, 0.6) is 0 Å². The Morgan fingerprint density at radius 3 is 2.75 bits per heavy atom. The summed E-state index contributed by atoms with van der Waals surface area (Å²) < 4.78 is 0. The fourth-order valence-electron chi connectivity index (χ4n) is 1.89. The zero-order valence-corrected chi connectivity index (χ0v) is 9.20. The number of benzene rings is 1. The van der Waals surface area contributed by atoms with E-state index in [0.29, 0.717) is 5.69 Å². The van der Waals surface area contributed by atoms with E-state index in [-0.39, 0.29) is 11.8 Å². The maximum atomic E-state index is 11.9. The average molecular weight is 219 g/mol. The summed E-state index contributed by atoms with van der Waals surface area (Å²) >= 11 is 0. The fourth-order valence-corrected chi connectivity index (χ4v) is 1.89. The molecule has 4 heteroatoms. The van der Waals surface area contributed by atoms with Gasteiger partial charge in [-0.05, 0) is 43.7 Å². The van der Waals surface area contributed by atoms with Crippen molar-refractivity contribution < 1.29 is 4.79 Å². The lowest BCUT2D eigenvalue weighted by Gasteiger charge is -2.21. The summed E-state index contributed by atoms with van der Waals surface area (Å²) in [4.78, 5) is 11.9. The molecular formula is C12H17N3O. The van der Waals surface area contributed by atoms with Crippen LogP contribution in [-0.2, 0) is 4.79 Å². The lowest BCUT2D eigenvalue weighted by atomic mass is 9.99. The van der Waals surface area contributed by atoms with Crippen molar-refractivity contribution in [2.45, 2.75) is 12.8 Å². The summed E-state index contributed by atoms with van der Waals surface area (Å²) in [5.74, 6) is 0.184. The topological polar surface area (TPSA) is 67.1 Å². The molecule has 1 amide bonds. The predicted molar refractivity (Wildman–Crippen MR) is 65.1 cm³/mol. The number of carbonyl (C=O) groups excluding carboxylic acids is 1. The van der Waals surface area contributed by atoms with Crippen molar-refractivity contribution in [3.63, 3.8) is 0 Å². The minimum Gasteiger partial charge on any atom is -0.399 e. The molecule has 0 spiro atoms. The Bertz CT molecular complexity index is 355. The van der Waals surface area contributed by atoms with E-state index >= 15 is 0 Å². The molecule has 4 N–H and O–H groups in total. The monoisotopic (exact) mass is 219 g/mol. The SMILES string of the molecule is Nc1ccc(NC(=O)C2CCCNC2)cc1. The van der Waals surface area contributed by atoms with Gasteiger partial charge >= 0.3 is 0 Å². The number of amides is 1. The summed E-state index contributed by atoms with van der Waals surface area (Å²) in [6.07, 6.45) is 2.04. The second-order valence-corrected chi connectivity index (χ2v) is 4.15. The van der Waals surface area contributed by atoms with E-state index in [1.807, 2.05) is 12.1 Å². The molecule has 0 radical (unpaired) electrons. The largest absolute Gasteiger partial charge is 0.399 e. The van der Waals surface area contributed by atoms with Crippen LogP contribution >= 0.6 is 0 Å². The number of anilines is 2. The number of hydrogen-bond donors (Lipinski definition) is 3. The van der Waals surface area contributed by atoms with Gasteiger partial charge in [0.1, 0.15) is 0 Å². The first-order chi connectivity index (χ1) is 7.75. The number of piperidine rings is 1. The van der Waals surface area contributed by atoms with Gasteiger partial charge in [0.15, 0.2) is 0 Å². The molecule has 4 nitrogen and oxygen atoms in total. The summed E-state index contributed by atoms with van der Waals surface area (Å²) in [7, 11) is 0. The first kappa shape index (κ1) is 11.0. The molecule has 1 heterocycles. The van der Waals surface area contributed by atoms with E-state index < -0.39 is 0 Å². The fraction of sp³-hybridized carbons (Fsp3) is 0.417. The Labute approximate surface area is 95.2 Å². The van der Waals surface area contributed by atoms with Crippen molar-refractivity contribution in [2.24, 2.45) is 5.92 Å². The second-order valence-electron chi connectivity index (χ2n) is 4.15. The highest BCUT2D eigenvalue weighted by Crippen LogP contribution is 2.15. The van der Waals surface area contributed by atoms with Gasteiger partial charge in [-0.2, -0.15) is 0 Å². The van der Waals surface area contributed by atoms with E-state index in [0.717, 1.165) is 31.6 Å². The van der Waals surface area contributed by atoms with E-state index in [9.17, 15) is 4.79 Å². The molecule has 1 aliphatic heterocycles. The number of nitrogen functional groups attached to an aromatic ring is 1. The van der Waals surface area contributed by atoms with Crippen LogP contribution in [0.4, 0.5) is 11.4 Å². The van der Waals surface area contributed by atoms with E-state index in [1.165, 1.54) is 0 Å². The zero-order valence-electron chi connectivity index (χ0n) is 9.20. The van der Waals surface area contributed by atoms with Gasteiger partial charge in [-0.15, -0.1) is 0 Å². The quantitative estimate of drug-likeness (QED) is 0.655. The van der Waals surface area contributed by atoms with Crippen molar-refractivity contribution >= 4 is 17.3 Å². The van der Waals surface area contributed by atoms with Crippen molar-refractivity contribution in [3.8, 4) is 0 Å². The first-order valence-corrected chi connectivity index (χ1v) is 5.63. The maximum absolute atomic E-state index is 11.9. The van der Waals surface area contributed by atoms with Crippen LogP contribution in [-0.4, -0.2) is 19.0 Å². The molecule has 1 fully saturated rings. The highest BCUT2D eigenvalue weighted by atomic mass is 16.1. The molecule has 1 aromatic carbocycles. The maximum Gasteiger partial charge on any atom is 0.228 e. The third kappa shape index (κ3) is 2.73. The smallest absolute Gasteiger partial charge is 0.228 e. The Morgan fingerprint density at radius 2 is 2.12 bits per heavy atom. The molecule has 16 heavy (non-hydrogen) atoms. The number of rotatable bonds is 2. The van der Waals surface area contributed by atoms with Crippen molar-refractivity contribution in [1.82, 2.24) is 5.32 Å². The lowest BCUT2D eigenvalue weighted by molar-refractivity contribution is -0.120. The molecule has 0 aliphatic carbocycles. The third-order valence-electron chi connectivity index (χ3n) is 2.85. The van der Waals surface area contributed by atoms with Crippen molar-refractivity contribution in [3.05, 3.63) is 24.3 Å². The normalized spacial score (nSPS) is 20.4. The summed E-state index contributed by atoms with van der Waals surface area (Å²) in [5, 5.41) is 6.13. The zero-order chi connectivity index (χ0) is 11.4. The van der Waals surface area contributed by atoms with Crippen LogP contribution in [0.15, 0.2) is 24.3 Å². The number of nitrogens with two attached hydrogens (primary N) is 1. The Kier molecular flexibility index (Phi) is 3.41. The minimum absolute atomic E-state index is 0.0892. The first-order valence-electron chi connectivity index (χ1n) is 5.63. The van der Waals surface area contributed by atoms with Crippen molar-refractivity contribution in [1.29, 1.82) is 0 Å². The molecule has 0 aromatic heterocycles. The molecule has 86 valence electrons. The molecule has 0 saturated carbocycles. The minimum atomic E-state index is 0.0892. The van der Waals surface area contributed by atoms with Crippen LogP contribution in [0.1, 0.15) is 12.8 Å².